The van der Waals surface area contributed by atoms with E-state index in [-0.39, 0.29) is 23.7 Å². The summed E-state index contributed by atoms with van der Waals surface area (Å²) in [6, 6.07) is 10.5. The highest BCUT2D eigenvalue weighted by Crippen LogP contribution is 2.31. The number of hydrogen-bond donors (Lipinski definition) is 2. The fraction of sp³-hybridized carbons (Fsp3) is 0.364. The molecule has 0 unspecified atom stereocenters. The van der Waals surface area contributed by atoms with Crippen molar-refractivity contribution in [2.45, 2.75) is 31.7 Å². The monoisotopic (exact) mass is 412 g/mol. The Morgan fingerprint density at radius 3 is 3.03 bits per heavy atom. The molecule has 1 aromatic carbocycles. The highest BCUT2D eigenvalue weighted by molar-refractivity contribution is 7.17. The standard InChI is InChI=1S/C22H25FN4OS/c1-3-14-12-25-27(2)21(14)19-7-8-20(29-19)22(28)26-18-13-24-10-9-17(18)15-5-4-6-16(23)11-15/h4-8,11-12,17-18,24H,3,9-10,13H2,1-2H3,(H,26,28)/t17-,18+/m0/s1. The predicted octanol–water partition coefficient (Wildman–Crippen LogP) is 3.73. The van der Waals surface area contributed by atoms with Gasteiger partial charge in [0, 0.05) is 25.6 Å². The number of aryl methyl sites for hydroxylation is 2. The van der Waals surface area contributed by atoms with Crippen molar-refractivity contribution in [1.82, 2.24) is 20.4 Å². The molecule has 1 aliphatic heterocycles. The van der Waals surface area contributed by atoms with E-state index in [9.17, 15) is 9.18 Å². The third kappa shape index (κ3) is 4.11. The SMILES string of the molecule is CCc1cnn(C)c1-c1ccc(C(=O)N[C@@H]2CNCC[C@H]2c2cccc(F)c2)s1. The van der Waals surface area contributed by atoms with Crippen LogP contribution < -0.4 is 10.6 Å². The first kappa shape index (κ1) is 19.8. The van der Waals surface area contributed by atoms with Crippen LogP contribution in [0.2, 0.25) is 0 Å². The summed E-state index contributed by atoms with van der Waals surface area (Å²) in [5.74, 6) is -0.229. The van der Waals surface area contributed by atoms with Crippen LogP contribution in [0.4, 0.5) is 4.39 Å². The molecule has 0 bridgehead atoms. The fourth-order valence-electron chi connectivity index (χ4n) is 4.03. The third-order valence-corrected chi connectivity index (χ3v) is 6.62. The van der Waals surface area contributed by atoms with Gasteiger partial charge in [-0.15, -0.1) is 11.3 Å². The van der Waals surface area contributed by atoms with Crippen LogP contribution >= 0.6 is 11.3 Å². The molecule has 1 amide bonds. The Kier molecular flexibility index (Phi) is 5.78. The molecule has 1 saturated heterocycles. The molecule has 5 nitrogen and oxygen atoms in total. The highest BCUT2D eigenvalue weighted by atomic mass is 32.1. The zero-order chi connectivity index (χ0) is 20.4. The minimum atomic E-state index is -0.239. The van der Waals surface area contributed by atoms with Crippen molar-refractivity contribution in [3.8, 4) is 10.6 Å². The lowest BCUT2D eigenvalue weighted by Crippen LogP contribution is -2.49. The van der Waals surface area contributed by atoms with Crippen molar-refractivity contribution in [1.29, 1.82) is 0 Å². The van der Waals surface area contributed by atoms with Gasteiger partial charge in [0.25, 0.3) is 5.91 Å². The molecule has 7 heteroatoms. The number of aromatic nitrogens is 2. The summed E-state index contributed by atoms with van der Waals surface area (Å²) < 4.78 is 15.6. The van der Waals surface area contributed by atoms with E-state index in [1.165, 1.54) is 23.0 Å². The molecule has 2 atom stereocenters. The Hall–Kier alpha value is -2.51. The number of carbonyl (C=O) groups is 1. The second-order valence-corrected chi connectivity index (χ2v) is 8.48. The zero-order valence-corrected chi connectivity index (χ0v) is 17.4. The van der Waals surface area contributed by atoms with Gasteiger partial charge < -0.3 is 10.6 Å². The summed E-state index contributed by atoms with van der Waals surface area (Å²) in [7, 11) is 1.92. The number of nitrogens with zero attached hydrogens (tertiary/aromatic N) is 2. The summed E-state index contributed by atoms with van der Waals surface area (Å²) >= 11 is 1.48. The molecule has 29 heavy (non-hydrogen) atoms. The molecule has 0 aliphatic carbocycles. The normalized spacial score (nSPS) is 19.3. The van der Waals surface area contributed by atoms with Gasteiger partial charge in [-0.3, -0.25) is 9.48 Å². The minimum Gasteiger partial charge on any atom is -0.347 e. The van der Waals surface area contributed by atoms with Crippen LogP contribution in [0.1, 0.15) is 40.1 Å². The molecule has 4 rings (SSSR count). The number of rotatable bonds is 5. The second kappa shape index (κ2) is 8.47. The molecule has 1 fully saturated rings. The van der Waals surface area contributed by atoms with E-state index in [2.05, 4.69) is 22.7 Å². The van der Waals surface area contributed by atoms with Gasteiger partial charge in [0.05, 0.1) is 21.6 Å². The molecule has 3 aromatic rings. The first-order chi connectivity index (χ1) is 14.1. The predicted molar refractivity (Wildman–Crippen MR) is 114 cm³/mol. The van der Waals surface area contributed by atoms with Gasteiger partial charge in [0.15, 0.2) is 0 Å². The van der Waals surface area contributed by atoms with Crippen LogP contribution in [0.25, 0.3) is 10.6 Å². The molecular weight excluding hydrogens is 387 g/mol. The van der Waals surface area contributed by atoms with Crippen molar-refractivity contribution in [3.63, 3.8) is 0 Å². The number of carbonyl (C=O) groups excluding carboxylic acids is 1. The van der Waals surface area contributed by atoms with Gasteiger partial charge in [0.2, 0.25) is 0 Å². The summed E-state index contributed by atoms with van der Waals surface area (Å²) in [6.07, 6.45) is 3.64. The molecule has 3 heterocycles. The number of thiophene rings is 1. The maximum Gasteiger partial charge on any atom is 0.261 e. The average Bonchev–Trinajstić information content (AvgIpc) is 3.34. The van der Waals surface area contributed by atoms with Crippen LogP contribution in [0.15, 0.2) is 42.6 Å². The topological polar surface area (TPSA) is 59.0 Å². The fourth-order valence-corrected chi connectivity index (χ4v) is 5.05. The Labute approximate surface area is 173 Å². The van der Waals surface area contributed by atoms with Gasteiger partial charge in [0.1, 0.15) is 5.82 Å². The first-order valence-corrected chi connectivity index (χ1v) is 10.8. The molecular formula is C22H25FN4OS. The first-order valence-electron chi connectivity index (χ1n) is 9.95. The van der Waals surface area contributed by atoms with E-state index in [1.807, 2.05) is 36.1 Å². The number of halogens is 1. The maximum absolute atomic E-state index is 13.7. The van der Waals surface area contributed by atoms with Gasteiger partial charge in [-0.2, -0.15) is 5.10 Å². The van der Waals surface area contributed by atoms with Gasteiger partial charge >= 0.3 is 0 Å². The lowest BCUT2D eigenvalue weighted by atomic mass is 9.86. The average molecular weight is 413 g/mol. The van der Waals surface area contributed by atoms with Crippen LogP contribution in [0, 0.1) is 5.82 Å². The van der Waals surface area contributed by atoms with E-state index in [0.29, 0.717) is 11.4 Å². The Balaban J connectivity index is 1.53. The summed E-state index contributed by atoms with van der Waals surface area (Å²) in [5.41, 5.74) is 3.17. The molecule has 0 spiro atoms. The van der Waals surface area contributed by atoms with E-state index in [4.69, 9.17) is 0 Å². The number of benzene rings is 1. The van der Waals surface area contributed by atoms with Gasteiger partial charge in [-0.1, -0.05) is 19.1 Å². The molecule has 2 aromatic heterocycles. The zero-order valence-electron chi connectivity index (χ0n) is 16.6. The van der Waals surface area contributed by atoms with Crippen molar-refractivity contribution >= 4 is 17.2 Å². The highest BCUT2D eigenvalue weighted by Gasteiger charge is 2.28. The number of amides is 1. The number of piperidine rings is 1. The summed E-state index contributed by atoms with van der Waals surface area (Å²) in [6.45, 7) is 3.63. The van der Waals surface area contributed by atoms with Crippen LogP contribution in [-0.2, 0) is 13.5 Å². The third-order valence-electron chi connectivity index (χ3n) is 5.53. The van der Waals surface area contributed by atoms with Gasteiger partial charge in [-0.25, -0.2) is 4.39 Å². The molecule has 0 saturated carbocycles. The molecule has 2 N–H and O–H groups in total. The Bertz CT molecular complexity index is 1010. The summed E-state index contributed by atoms with van der Waals surface area (Å²) in [5, 5.41) is 10.9. The van der Waals surface area contributed by atoms with Crippen molar-refractivity contribution in [3.05, 3.63) is 64.4 Å². The summed E-state index contributed by atoms with van der Waals surface area (Å²) in [4.78, 5) is 14.7. The lowest BCUT2D eigenvalue weighted by Gasteiger charge is -2.33. The lowest BCUT2D eigenvalue weighted by molar-refractivity contribution is 0.0928. The van der Waals surface area contributed by atoms with E-state index >= 15 is 0 Å². The number of nitrogens with one attached hydrogen (secondary N) is 2. The van der Waals surface area contributed by atoms with E-state index in [1.54, 1.807) is 12.1 Å². The van der Waals surface area contributed by atoms with E-state index in [0.717, 1.165) is 35.5 Å². The minimum absolute atomic E-state index is 0.0773. The number of hydrogen-bond acceptors (Lipinski definition) is 4. The maximum atomic E-state index is 13.7. The second-order valence-electron chi connectivity index (χ2n) is 7.39. The van der Waals surface area contributed by atoms with E-state index < -0.39 is 0 Å². The molecule has 0 radical (unpaired) electrons. The van der Waals surface area contributed by atoms with Crippen molar-refractivity contribution in [2.75, 3.05) is 13.1 Å². The van der Waals surface area contributed by atoms with Crippen molar-refractivity contribution in [2.24, 2.45) is 7.05 Å². The largest absolute Gasteiger partial charge is 0.347 e. The quantitative estimate of drug-likeness (QED) is 0.671. The molecule has 1 aliphatic rings. The smallest absolute Gasteiger partial charge is 0.261 e. The van der Waals surface area contributed by atoms with Crippen LogP contribution in [0.5, 0.6) is 0 Å². The van der Waals surface area contributed by atoms with Gasteiger partial charge in [-0.05, 0) is 54.8 Å². The van der Waals surface area contributed by atoms with Crippen LogP contribution in [0.3, 0.4) is 0 Å². The Morgan fingerprint density at radius 2 is 2.24 bits per heavy atom. The van der Waals surface area contributed by atoms with Crippen molar-refractivity contribution < 1.29 is 9.18 Å². The van der Waals surface area contributed by atoms with Crippen LogP contribution in [-0.4, -0.2) is 34.8 Å². The Morgan fingerprint density at radius 1 is 1.38 bits per heavy atom. The molecule has 152 valence electrons.